The summed E-state index contributed by atoms with van der Waals surface area (Å²) >= 11 is 0. The molecule has 0 aliphatic carbocycles. The Kier molecular flexibility index (Phi) is 5.02. The van der Waals surface area contributed by atoms with Gasteiger partial charge in [-0.2, -0.15) is 0 Å². The number of anilines is 2. The topological polar surface area (TPSA) is 39.1 Å². The molecule has 0 aliphatic rings. The molecule has 0 unspecified atom stereocenters. The third-order valence-corrected chi connectivity index (χ3v) is 3.47. The van der Waals surface area contributed by atoms with Gasteiger partial charge in [0.25, 0.3) is 0 Å². The number of imidazole rings is 1. The molecule has 1 N–H and O–H groups in total. The summed E-state index contributed by atoms with van der Waals surface area (Å²) < 4.78 is 7.20. The maximum absolute atomic E-state index is 5.09. The normalized spacial score (nSPS) is 11.6. The number of nitrogens with one attached hydrogen (secondary N) is 1. The summed E-state index contributed by atoms with van der Waals surface area (Å²) in [5.41, 5.74) is 2.57. The Hall–Kier alpha value is -1.81. The van der Waals surface area contributed by atoms with Crippen LogP contribution in [-0.2, 0) is 16.7 Å². The van der Waals surface area contributed by atoms with Crippen LogP contribution in [0.15, 0.2) is 36.7 Å². The lowest BCUT2D eigenvalue weighted by atomic mass is 9.87. The second-order valence-electron chi connectivity index (χ2n) is 6.24. The molecule has 21 heavy (non-hydrogen) atoms. The molecule has 2 aromatic rings. The fraction of sp³-hybridized carbons (Fsp3) is 0.471. The first-order chi connectivity index (χ1) is 10.0. The van der Waals surface area contributed by atoms with Gasteiger partial charge >= 0.3 is 0 Å². The van der Waals surface area contributed by atoms with Crippen LogP contribution in [0.4, 0.5) is 11.6 Å². The van der Waals surface area contributed by atoms with Crippen LogP contribution in [0.1, 0.15) is 32.8 Å². The van der Waals surface area contributed by atoms with E-state index >= 15 is 0 Å². The van der Waals surface area contributed by atoms with Crippen LogP contribution >= 0.6 is 0 Å². The minimum Gasteiger partial charge on any atom is -0.385 e. The van der Waals surface area contributed by atoms with E-state index in [1.165, 1.54) is 5.56 Å². The molecule has 0 bridgehead atoms. The summed E-state index contributed by atoms with van der Waals surface area (Å²) in [5, 5.41) is 3.37. The summed E-state index contributed by atoms with van der Waals surface area (Å²) in [4.78, 5) is 4.37. The smallest absolute Gasteiger partial charge is 0.207 e. The molecule has 0 spiro atoms. The van der Waals surface area contributed by atoms with Gasteiger partial charge in [0.1, 0.15) is 0 Å². The molecule has 0 amide bonds. The van der Waals surface area contributed by atoms with E-state index < -0.39 is 0 Å². The quantitative estimate of drug-likeness (QED) is 0.817. The van der Waals surface area contributed by atoms with Gasteiger partial charge in [-0.3, -0.25) is 0 Å². The number of hydrogen-bond acceptors (Lipinski definition) is 3. The van der Waals surface area contributed by atoms with Gasteiger partial charge in [0.15, 0.2) is 0 Å². The summed E-state index contributed by atoms with van der Waals surface area (Å²) in [6.07, 6.45) is 4.78. The highest BCUT2D eigenvalue weighted by Crippen LogP contribution is 2.24. The largest absolute Gasteiger partial charge is 0.385 e. The van der Waals surface area contributed by atoms with Crippen molar-refractivity contribution in [3.8, 4) is 0 Å². The molecule has 0 saturated carbocycles. The Bertz CT molecular complexity index is 552. The number of methoxy groups -OCH3 is 1. The molecule has 4 heteroatoms. The van der Waals surface area contributed by atoms with E-state index in [1.54, 1.807) is 7.11 Å². The Morgan fingerprint density at radius 1 is 1.19 bits per heavy atom. The minimum atomic E-state index is 0.178. The van der Waals surface area contributed by atoms with Gasteiger partial charge in [0.05, 0.1) is 0 Å². The maximum atomic E-state index is 5.09. The first-order valence-electron chi connectivity index (χ1n) is 7.38. The van der Waals surface area contributed by atoms with Crippen molar-refractivity contribution >= 4 is 11.6 Å². The molecule has 1 aromatic heterocycles. The lowest BCUT2D eigenvalue weighted by molar-refractivity contribution is 0.190. The number of ether oxygens (including phenoxy) is 1. The average molecular weight is 287 g/mol. The molecule has 2 rings (SSSR count). The fourth-order valence-corrected chi connectivity index (χ4v) is 2.18. The molecule has 1 heterocycles. The Morgan fingerprint density at radius 3 is 2.52 bits per heavy atom. The first-order valence-corrected chi connectivity index (χ1v) is 7.38. The van der Waals surface area contributed by atoms with Crippen molar-refractivity contribution in [3.05, 3.63) is 42.2 Å². The van der Waals surface area contributed by atoms with E-state index in [9.17, 15) is 0 Å². The molecule has 0 radical (unpaired) electrons. The van der Waals surface area contributed by atoms with Gasteiger partial charge in [-0.25, -0.2) is 4.98 Å². The summed E-state index contributed by atoms with van der Waals surface area (Å²) in [5.74, 6) is 0.870. The van der Waals surface area contributed by atoms with Gasteiger partial charge in [-0.1, -0.05) is 32.9 Å². The standard InChI is InChI=1S/C17H25N3O/c1-17(2,3)14-6-8-15(9-7-14)19-16-18-10-12-20(16)11-5-13-21-4/h6-10,12H,5,11,13H2,1-4H3,(H,18,19). The van der Waals surface area contributed by atoms with E-state index in [1.807, 2.05) is 12.4 Å². The van der Waals surface area contributed by atoms with E-state index in [0.29, 0.717) is 0 Å². The van der Waals surface area contributed by atoms with Gasteiger partial charge in [-0.15, -0.1) is 0 Å². The van der Waals surface area contributed by atoms with E-state index in [0.717, 1.165) is 31.2 Å². The van der Waals surface area contributed by atoms with Crippen LogP contribution in [0.3, 0.4) is 0 Å². The highest BCUT2D eigenvalue weighted by Gasteiger charge is 2.13. The minimum absolute atomic E-state index is 0.178. The fourth-order valence-electron chi connectivity index (χ4n) is 2.18. The van der Waals surface area contributed by atoms with E-state index in [-0.39, 0.29) is 5.41 Å². The summed E-state index contributed by atoms with van der Waals surface area (Å²) in [6.45, 7) is 8.32. The molecule has 0 saturated heterocycles. The van der Waals surface area contributed by atoms with Gasteiger partial charge < -0.3 is 14.6 Å². The van der Waals surface area contributed by atoms with Crippen LogP contribution in [0.25, 0.3) is 0 Å². The number of aryl methyl sites for hydroxylation is 1. The second-order valence-corrected chi connectivity index (χ2v) is 6.24. The molecular formula is C17H25N3O. The molecule has 1 aromatic carbocycles. The lowest BCUT2D eigenvalue weighted by Crippen LogP contribution is -2.10. The van der Waals surface area contributed by atoms with Crippen LogP contribution < -0.4 is 5.32 Å². The Labute approximate surface area is 127 Å². The van der Waals surface area contributed by atoms with E-state index in [2.05, 4.69) is 59.9 Å². The first kappa shape index (κ1) is 15.6. The number of rotatable bonds is 6. The lowest BCUT2D eigenvalue weighted by Gasteiger charge is -2.19. The number of nitrogens with zero attached hydrogens (tertiary/aromatic N) is 2. The SMILES string of the molecule is COCCCn1ccnc1Nc1ccc(C(C)(C)C)cc1. The molecule has 0 atom stereocenters. The predicted octanol–water partition coefficient (Wildman–Crippen LogP) is 3.96. The third kappa shape index (κ3) is 4.33. The van der Waals surface area contributed by atoms with Crippen molar-refractivity contribution in [1.82, 2.24) is 9.55 Å². The zero-order valence-corrected chi connectivity index (χ0v) is 13.4. The summed E-state index contributed by atoms with van der Waals surface area (Å²) in [7, 11) is 1.73. The van der Waals surface area contributed by atoms with Crippen molar-refractivity contribution in [2.75, 3.05) is 19.0 Å². The monoisotopic (exact) mass is 287 g/mol. The van der Waals surface area contributed by atoms with E-state index in [4.69, 9.17) is 4.74 Å². The van der Waals surface area contributed by atoms with Crippen LogP contribution in [0.2, 0.25) is 0 Å². The van der Waals surface area contributed by atoms with Crippen molar-refractivity contribution < 1.29 is 4.74 Å². The average Bonchev–Trinajstić information content (AvgIpc) is 2.86. The van der Waals surface area contributed by atoms with Crippen LogP contribution in [-0.4, -0.2) is 23.3 Å². The van der Waals surface area contributed by atoms with Crippen LogP contribution in [0.5, 0.6) is 0 Å². The van der Waals surface area contributed by atoms with Crippen molar-refractivity contribution in [3.63, 3.8) is 0 Å². The molecule has 0 aliphatic heterocycles. The molecular weight excluding hydrogens is 262 g/mol. The maximum Gasteiger partial charge on any atom is 0.207 e. The Morgan fingerprint density at radius 2 is 1.90 bits per heavy atom. The summed E-state index contributed by atoms with van der Waals surface area (Å²) in [6, 6.07) is 8.55. The number of hydrogen-bond donors (Lipinski definition) is 1. The zero-order valence-electron chi connectivity index (χ0n) is 13.4. The molecule has 0 fully saturated rings. The zero-order chi connectivity index (χ0) is 15.3. The van der Waals surface area contributed by atoms with Gasteiger partial charge in [0, 0.05) is 38.3 Å². The number of benzene rings is 1. The van der Waals surface area contributed by atoms with Gasteiger partial charge in [-0.05, 0) is 29.5 Å². The number of aromatic nitrogens is 2. The molecule has 114 valence electrons. The highest BCUT2D eigenvalue weighted by molar-refractivity contribution is 5.54. The third-order valence-electron chi connectivity index (χ3n) is 3.47. The molecule has 4 nitrogen and oxygen atoms in total. The highest BCUT2D eigenvalue weighted by atomic mass is 16.5. The predicted molar refractivity (Wildman–Crippen MR) is 87.1 cm³/mol. The Balaban J connectivity index is 2.03. The van der Waals surface area contributed by atoms with Crippen LogP contribution in [0, 0.1) is 0 Å². The van der Waals surface area contributed by atoms with Crippen molar-refractivity contribution in [2.45, 2.75) is 39.2 Å². The second kappa shape index (κ2) is 6.76. The van der Waals surface area contributed by atoms with Gasteiger partial charge in [0.2, 0.25) is 5.95 Å². The van der Waals surface area contributed by atoms with Crippen molar-refractivity contribution in [1.29, 1.82) is 0 Å². The van der Waals surface area contributed by atoms with Crippen molar-refractivity contribution in [2.24, 2.45) is 0 Å².